The van der Waals surface area contributed by atoms with Gasteiger partial charge in [-0.05, 0) is 44.5 Å². The maximum absolute atomic E-state index is 11.7. The summed E-state index contributed by atoms with van der Waals surface area (Å²) in [7, 11) is 1.59. The lowest BCUT2D eigenvalue weighted by molar-refractivity contribution is -0.128. The number of aliphatic hydroxyl groups excluding tert-OH is 1. The quantitative estimate of drug-likeness (QED) is 0.873. The molecule has 0 heterocycles. The summed E-state index contributed by atoms with van der Waals surface area (Å²) in [4.78, 5) is 11.7. The van der Waals surface area contributed by atoms with Crippen molar-refractivity contribution >= 4 is 12.0 Å². The Morgan fingerprint density at radius 2 is 2.11 bits per heavy atom. The normalized spacial score (nSPS) is 13.3. The summed E-state index contributed by atoms with van der Waals surface area (Å²) in [6.45, 7) is 5.59. The number of ether oxygens (including phenoxy) is 1. The van der Waals surface area contributed by atoms with Crippen molar-refractivity contribution in [2.75, 3.05) is 7.11 Å². The van der Waals surface area contributed by atoms with Gasteiger partial charge in [0, 0.05) is 5.54 Å². The number of aliphatic hydroxyl groups is 1. The second-order valence-corrected chi connectivity index (χ2v) is 5.32. The molecule has 0 aliphatic heterocycles. The first kappa shape index (κ1) is 15.2. The second kappa shape index (κ2) is 6.38. The highest BCUT2D eigenvalue weighted by Crippen LogP contribution is 2.14. The monoisotopic (exact) mass is 263 g/mol. The van der Waals surface area contributed by atoms with Crippen LogP contribution in [0.15, 0.2) is 30.3 Å². The molecule has 19 heavy (non-hydrogen) atoms. The molecule has 0 unspecified atom stereocenters. The van der Waals surface area contributed by atoms with Gasteiger partial charge in [0.1, 0.15) is 5.75 Å². The maximum Gasteiger partial charge on any atom is 0.253 e. The first-order valence-corrected chi connectivity index (χ1v) is 6.14. The van der Waals surface area contributed by atoms with Gasteiger partial charge in [-0.3, -0.25) is 4.79 Å². The maximum atomic E-state index is 11.7. The number of hydrogen-bond acceptors (Lipinski definition) is 3. The van der Waals surface area contributed by atoms with Crippen LogP contribution in [-0.4, -0.2) is 29.8 Å². The number of amides is 1. The Bertz CT molecular complexity index is 461. The van der Waals surface area contributed by atoms with E-state index in [0.717, 1.165) is 11.3 Å². The third-order valence-electron chi connectivity index (χ3n) is 2.33. The lowest BCUT2D eigenvalue weighted by Gasteiger charge is -2.21. The Hall–Kier alpha value is -1.81. The third-order valence-corrected chi connectivity index (χ3v) is 2.33. The molecule has 0 saturated heterocycles. The molecular weight excluding hydrogens is 242 g/mol. The molecule has 104 valence electrons. The van der Waals surface area contributed by atoms with Gasteiger partial charge in [-0.2, -0.15) is 0 Å². The van der Waals surface area contributed by atoms with E-state index in [-0.39, 0.29) is 5.54 Å². The van der Waals surface area contributed by atoms with Crippen molar-refractivity contribution in [3.63, 3.8) is 0 Å². The fraction of sp³-hybridized carbons (Fsp3) is 0.400. The molecule has 0 saturated carbocycles. The number of rotatable bonds is 4. The molecule has 1 aromatic carbocycles. The van der Waals surface area contributed by atoms with E-state index in [1.165, 1.54) is 6.08 Å². The molecule has 4 nitrogen and oxygen atoms in total. The van der Waals surface area contributed by atoms with Crippen LogP contribution >= 0.6 is 0 Å². The molecule has 1 amide bonds. The van der Waals surface area contributed by atoms with E-state index in [2.05, 4.69) is 5.32 Å². The third kappa shape index (κ3) is 5.57. The number of carbonyl (C=O) groups excluding carboxylic acids is 1. The van der Waals surface area contributed by atoms with E-state index in [0.29, 0.717) is 0 Å². The van der Waals surface area contributed by atoms with Gasteiger partial charge in [-0.15, -0.1) is 0 Å². The topological polar surface area (TPSA) is 58.6 Å². The number of methoxy groups -OCH3 is 1. The van der Waals surface area contributed by atoms with Crippen molar-refractivity contribution in [2.45, 2.75) is 32.4 Å². The van der Waals surface area contributed by atoms with E-state index in [4.69, 9.17) is 4.74 Å². The molecule has 0 spiro atoms. The fourth-order valence-corrected chi connectivity index (χ4v) is 1.48. The van der Waals surface area contributed by atoms with Crippen molar-refractivity contribution in [3.8, 4) is 5.75 Å². The predicted octanol–water partition coefficient (Wildman–Crippen LogP) is 1.98. The molecule has 0 fully saturated rings. The largest absolute Gasteiger partial charge is 0.497 e. The second-order valence-electron chi connectivity index (χ2n) is 5.32. The van der Waals surface area contributed by atoms with Gasteiger partial charge in [-0.25, -0.2) is 0 Å². The van der Waals surface area contributed by atoms with Crippen LogP contribution in [0.1, 0.15) is 26.3 Å². The van der Waals surface area contributed by atoms with E-state index in [1.54, 1.807) is 13.2 Å². The SMILES string of the molecule is COc1cccc(/C=C/[C@H](O)C(=O)NC(C)(C)C)c1. The Morgan fingerprint density at radius 3 is 2.68 bits per heavy atom. The number of benzene rings is 1. The molecule has 0 radical (unpaired) electrons. The minimum absolute atomic E-state index is 0.359. The van der Waals surface area contributed by atoms with Crippen LogP contribution in [0.4, 0.5) is 0 Å². The van der Waals surface area contributed by atoms with Crippen molar-refractivity contribution in [2.24, 2.45) is 0 Å². The molecule has 0 aliphatic carbocycles. The summed E-state index contributed by atoms with van der Waals surface area (Å²) in [5.41, 5.74) is 0.504. The Balaban J connectivity index is 2.67. The first-order valence-electron chi connectivity index (χ1n) is 6.14. The van der Waals surface area contributed by atoms with Crippen molar-refractivity contribution in [1.82, 2.24) is 5.32 Å². The van der Waals surface area contributed by atoms with Crippen molar-refractivity contribution < 1.29 is 14.6 Å². The average Bonchev–Trinajstić information content (AvgIpc) is 2.34. The number of carbonyl (C=O) groups is 1. The van der Waals surface area contributed by atoms with Crippen molar-refractivity contribution in [3.05, 3.63) is 35.9 Å². The van der Waals surface area contributed by atoms with Crippen LogP contribution in [0, 0.1) is 0 Å². The van der Waals surface area contributed by atoms with Crippen LogP contribution in [0.3, 0.4) is 0 Å². The zero-order valence-corrected chi connectivity index (χ0v) is 11.8. The lowest BCUT2D eigenvalue weighted by Crippen LogP contribution is -2.45. The highest BCUT2D eigenvalue weighted by Gasteiger charge is 2.18. The van der Waals surface area contributed by atoms with Gasteiger partial charge in [0.25, 0.3) is 5.91 Å². The predicted molar refractivity (Wildman–Crippen MR) is 75.9 cm³/mol. The van der Waals surface area contributed by atoms with Gasteiger partial charge >= 0.3 is 0 Å². The van der Waals surface area contributed by atoms with Crippen LogP contribution in [-0.2, 0) is 4.79 Å². The highest BCUT2D eigenvalue weighted by atomic mass is 16.5. The van der Waals surface area contributed by atoms with Crippen LogP contribution in [0.5, 0.6) is 5.75 Å². The summed E-state index contributed by atoms with van der Waals surface area (Å²) < 4.78 is 5.10. The van der Waals surface area contributed by atoms with Gasteiger partial charge in [0.05, 0.1) is 7.11 Å². The smallest absolute Gasteiger partial charge is 0.253 e. The zero-order chi connectivity index (χ0) is 14.5. The standard InChI is InChI=1S/C15H21NO3/c1-15(2,3)16-14(18)13(17)9-8-11-6-5-7-12(10-11)19-4/h5-10,13,17H,1-4H3,(H,16,18)/b9-8+/t13-/m0/s1. The highest BCUT2D eigenvalue weighted by molar-refractivity contribution is 5.84. The zero-order valence-electron chi connectivity index (χ0n) is 11.8. The summed E-state index contributed by atoms with van der Waals surface area (Å²) >= 11 is 0. The molecule has 0 aliphatic rings. The van der Waals surface area contributed by atoms with E-state index < -0.39 is 12.0 Å². The molecule has 2 N–H and O–H groups in total. The average molecular weight is 263 g/mol. The molecular formula is C15H21NO3. The van der Waals surface area contributed by atoms with E-state index >= 15 is 0 Å². The summed E-state index contributed by atoms with van der Waals surface area (Å²) in [6.07, 6.45) is 1.98. The molecule has 0 bridgehead atoms. The molecule has 1 atom stereocenters. The Labute approximate surface area is 114 Å². The Morgan fingerprint density at radius 1 is 1.42 bits per heavy atom. The molecule has 1 aromatic rings. The minimum Gasteiger partial charge on any atom is -0.497 e. The number of hydrogen-bond donors (Lipinski definition) is 2. The van der Waals surface area contributed by atoms with Crippen LogP contribution < -0.4 is 10.1 Å². The van der Waals surface area contributed by atoms with Gasteiger partial charge in [0.15, 0.2) is 6.10 Å². The molecule has 4 heteroatoms. The van der Waals surface area contributed by atoms with E-state index in [1.807, 2.05) is 45.0 Å². The van der Waals surface area contributed by atoms with Gasteiger partial charge < -0.3 is 15.2 Å². The number of nitrogens with one attached hydrogen (secondary N) is 1. The molecule has 1 rings (SSSR count). The van der Waals surface area contributed by atoms with Crippen molar-refractivity contribution in [1.29, 1.82) is 0 Å². The minimum atomic E-state index is -1.16. The molecule has 0 aromatic heterocycles. The van der Waals surface area contributed by atoms with Gasteiger partial charge in [-0.1, -0.05) is 18.2 Å². The summed E-state index contributed by atoms with van der Waals surface area (Å²) in [5, 5.41) is 12.5. The van der Waals surface area contributed by atoms with Crippen LogP contribution in [0.2, 0.25) is 0 Å². The summed E-state index contributed by atoms with van der Waals surface area (Å²) in [6, 6.07) is 7.37. The fourth-order valence-electron chi connectivity index (χ4n) is 1.48. The van der Waals surface area contributed by atoms with E-state index in [9.17, 15) is 9.90 Å². The first-order chi connectivity index (χ1) is 8.81. The lowest BCUT2D eigenvalue weighted by atomic mass is 10.1. The van der Waals surface area contributed by atoms with Crippen LogP contribution in [0.25, 0.3) is 6.08 Å². The Kier molecular flexibility index (Phi) is 5.12. The summed E-state index contributed by atoms with van der Waals surface area (Å²) in [5.74, 6) is 0.322. The van der Waals surface area contributed by atoms with Gasteiger partial charge in [0.2, 0.25) is 0 Å².